The zero-order chi connectivity index (χ0) is 21.8. The van der Waals surface area contributed by atoms with Crippen molar-refractivity contribution >= 4 is 28.2 Å². The standard InChI is InChI=1S/C25H34N2O2S/c1-16(2)14-27(15-17(3)4)25(29)22-20-12-11-18(5)13-21(20)30-24(22)26-23(28)19-9-7-6-8-10-19/h6-10,16-18H,11-15H2,1-5H3,(H,26,28)/t18-/m0/s1. The molecule has 0 spiro atoms. The molecule has 0 aliphatic heterocycles. The minimum Gasteiger partial charge on any atom is -0.338 e. The average molecular weight is 427 g/mol. The van der Waals surface area contributed by atoms with Crippen LogP contribution in [0.5, 0.6) is 0 Å². The van der Waals surface area contributed by atoms with Gasteiger partial charge in [0.05, 0.1) is 5.56 Å². The third kappa shape index (κ3) is 5.31. The van der Waals surface area contributed by atoms with Crippen LogP contribution in [-0.4, -0.2) is 29.8 Å². The first kappa shape index (κ1) is 22.5. The fraction of sp³-hybridized carbons (Fsp3) is 0.520. The van der Waals surface area contributed by atoms with Gasteiger partial charge in [-0.1, -0.05) is 52.8 Å². The van der Waals surface area contributed by atoms with Crippen LogP contribution >= 0.6 is 11.3 Å². The molecule has 30 heavy (non-hydrogen) atoms. The molecular formula is C25H34N2O2S. The normalized spacial score (nSPS) is 15.9. The van der Waals surface area contributed by atoms with Gasteiger partial charge in [-0.3, -0.25) is 9.59 Å². The molecular weight excluding hydrogens is 392 g/mol. The van der Waals surface area contributed by atoms with Crippen molar-refractivity contribution in [3.05, 3.63) is 51.9 Å². The Kier molecular flexibility index (Phi) is 7.35. The van der Waals surface area contributed by atoms with Gasteiger partial charge >= 0.3 is 0 Å². The Bertz CT molecular complexity index is 876. The first-order valence-electron chi connectivity index (χ1n) is 11.1. The SMILES string of the molecule is CC(C)CN(CC(C)C)C(=O)c1c(NC(=O)c2ccccc2)sc2c1CC[C@H](C)C2. The van der Waals surface area contributed by atoms with Crippen LogP contribution in [0, 0.1) is 17.8 Å². The number of hydrogen-bond acceptors (Lipinski definition) is 3. The molecule has 1 heterocycles. The molecule has 3 rings (SSSR count). The minimum absolute atomic E-state index is 0.0628. The van der Waals surface area contributed by atoms with Gasteiger partial charge in [-0.15, -0.1) is 11.3 Å². The van der Waals surface area contributed by atoms with Crippen molar-refractivity contribution in [2.75, 3.05) is 18.4 Å². The van der Waals surface area contributed by atoms with Gasteiger partial charge in [-0.05, 0) is 54.7 Å². The van der Waals surface area contributed by atoms with Crippen LogP contribution in [0.2, 0.25) is 0 Å². The molecule has 5 heteroatoms. The predicted molar refractivity (Wildman–Crippen MR) is 125 cm³/mol. The lowest BCUT2D eigenvalue weighted by Crippen LogP contribution is -2.37. The largest absolute Gasteiger partial charge is 0.338 e. The number of benzene rings is 1. The Hall–Kier alpha value is -2.14. The predicted octanol–water partition coefficient (Wildman–Crippen LogP) is 5.88. The molecule has 0 unspecified atom stereocenters. The van der Waals surface area contributed by atoms with E-state index in [2.05, 4.69) is 39.9 Å². The van der Waals surface area contributed by atoms with E-state index in [0.717, 1.165) is 43.5 Å². The lowest BCUT2D eigenvalue weighted by molar-refractivity contribution is 0.0715. The maximum Gasteiger partial charge on any atom is 0.257 e. The van der Waals surface area contributed by atoms with Crippen LogP contribution < -0.4 is 5.32 Å². The maximum absolute atomic E-state index is 13.8. The molecule has 0 saturated carbocycles. The summed E-state index contributed by atoms with van der Waals surface area (Å²) in [7, 11) is 0. The van der Waals surface area contributed by atoms with E-state index >= 15 is 0 Å². The summed E-state index contributed by atoms with van der Waals surface area (Å²) in [6.07, 6.45) is 2.98. The van der Waals surface area contributed by atoms with Crippen LogP contribution in [0.1, 0.15) is 72.2 Å². The van der Waals surface area contributed by atoms with Crippen molar-refractivity contribution < 1.29 is 9.59 Å². The van der Waals surface area contributed by atoms with Crippen molar-refractivity contribution in [1.82, 2.24) is 4.90 Å². The number of fused-ring (bicyclic) bond motifs is 1. The molecule has 1 aliphatic carbocycles. The molecule has 1 atom stereocenters. The Morgan fingerprint density at radius 1 is 1.10 bits per heavy atom. The van der Waals surface area contributed by atoms with E-state index in [-0.39, 0.29) is 11.8 Å². The number of thiophene rings is 1. The van der Waals surface area contributed by atoms with Crippen molar-refractivity contribution in [3.8, 4) is 0 Å². The van der Waals surface area contributed by atoms with Crippen LogP contribution in [-0.2, 0) is 12.8 Å². The van der Waals surface area contributed by atoms with Crippen molar-refractivity contribution in [1.29, 1.82) is 0 Å². The highest BCUT2D eigenvalue weighted by Crippen LogP contribution is 2.40. The third-order valence-corrected chi connectivity index (χ3v) is 6.62. The molecule has 2 amide bonds. The topological polar surface area (TPSA) is 49.4 Å². The number of carbonyl (C=O) groups is 2. The molecule has 162 valence electrons. The van der Waals surface area contributed by atoms with E-state index in [4.69, 9.17) is 0 Å². The summed E-state index contributed by atoms with van der Waals surface area (Å²) in [6, 6.07) is 9.21. The summed E-state index contributed by atoms with van der Waals surface area (Å²) in [5.74, 6) is 1.30. The molecule has 2 aromatic rings. The van der Waals surface area contributed by atoms with Gasteiger partial charge in [0.25, 0.3) is 11.8 Å². The second kappa shape index (κ2) is 9.78. The summed E-state index contributed by atoms with van der Waals surface area (Å²) in [5.41, 5.74) is 2.49. The number of rotatable bonds is 7. The molecule has 1 aromatic heterocycles. The van der Waals surface area contributed by atoms with Crippen molar-refractivity contribution in [2.45, 2.75) is 53.9 Å². The van der Waals surface area contributed by atoms with E-state index < -0.39 is 0 Å². The number of carbonyl (C=O) groups excluding carboxylic acids is 2. The number of amides is 2. The third-order valence-electron chi connectivity index (χ3n) is 5.45. The van der Waals surface area contributed by atoms with E-state index in [1.165, 1.54) is 4.88 Å². The summed E-state index contributed by atoms with van der Waals surface area (Å²) < 4.78 is 0. The fourth-order valence-corrected chi connectivity index (χ4v) is 5.51. The molecule has 0 radical (unpaired) electrons. The molecule has 1 aromatic carbocycles. The van der Waals surface area contributed by atoms with Gasteiger partial charge in [0.2, 0.25) is 0 Å². The molecule has 0 fully saturated rings. The quantitative estimate of drug-likeness (QED) is 0.601. The zero-order valence-electron chi connectivity index (χ0n) is 18.8. The number of hydrogen-bond donors (Lipinski definition) is 1. The summed E-state index contributed by atoms with van der Waals surface area (Å²) in [4.78, 5) is 29.9. The number of nitrogens with one attached hydrogen (secondary N) is 1. The van der Waals surface area contributed by atoms with E-state index in [0.29, 0.717) is 28.3 Å². The molecule has 1 N–H and O–H groups in total. The minimum atomic E-state index is -0.157. The van der Waals surface area contributed by atoms with Crippen LogP contribution in [0.15, 0.2) is 30.3 Å². The van der Waals surface area contributed by atoms with Gasteiger partial charge in [0.1, 0.15) is 5.00 Å². The van der Waals surface area contributed by atoms with Gasteiger partial charge in [-0.25, -0.2) is 0 Å². The zero-order valence-corrected chi connectivity index (χ0v) is 19.6. The maximum atomic E-state index is 13.8. The van der Waals surface area contributed by atoms with Crippen LogP contribution in [0.4, 0.5) is 5.00 Å². The first-order chi connectivity index (χ1) is 14.3. The Balaban J connectivity index is 1.98. The smallest absolute Gasteiger partial charge is 0.257 e. The van der Waals surface area contributed by atoms with Gasteiger partial charge < -0.3 is 10.2 Å². The molecule has 4 nitrogen and oxygen atoms in total. The number of nitrogens with zero attached hydrogens (tertiary/aromatic N) is 1. The highest BCUT2D eigenvalue weighted by atomic mass is 32.1. The molecule has 0 bridgehead atoms. The van der Waals surface area contributed by atoms with Crippen LogP contribution in [0.3, 0.4) is 0 Å². The van der Waals surface area contributed by atoms with E-state index in [9.17, 15) is 9.59 Å². The second-order valence-corrected chi connectivity index (χ2v) is 10.5. The summed E-state index contributed by atoms with van der Waals surface area (Å²) in [6.45, 7) is 12.3. The van der Waals surface area contributed by atoms with Gasteiger partial charge in [0.15, 0.2) is 0 Å². The Labute approximate surface area is 184 Å². The van der Waals surface area contributed by atoms with Gasteiger partial charge in [-0.2, -0.15) is 0 Å². The lowest BCUT2D eigenvalue weighted by Gasteiger charge is -2.28. The Morgan fingerprint density at radius 3 is 2.33 bits per heavy atom. The average Bonchev–Trinajstić information content (AvgIpc) is 3.03. The lowest BCUT2D eigenvalue weighted by atomic mass is 9.88. The van der Waals surface area contributed by atoms with E-state index in [1.54, 1.807) is 23.5 Å². The summed E-state index contributed by atoms with van der Waals surface area (Å²) in [5, 5.41) is 3.79. The highest BCUT2D eigenvalue weighted by molar-refractivity contribution is 7.17. The van der Waals surface area contributed by atoms with Crippen LogP contribution in [0.25, 0.3) is 0 Å². The monoisotopic (exact) mass is 426 g/mol. The van der Waals surface area contributed by atoms with Crippen molar-refractivity contribution in [3.63, 3.8) is 0 Å². The molecule has 1 aliphatic rings. The first-order valence-corrected chi connectivity index (χ1v) is 11.9. The fourth-order valence-electron chi connectivity index (χ4n) is 4.11. The molecule has 0 saturated heterocycles. The second-order valence-electron chi connectivity index (χ2n) is 9.37. The number of anilines is 1. The highest BCUT2D eigenvalue weighted by Gasteiger charge is 2.31. The van der Waals surface area contributed by atoms with Gasteiger partial charge in [0, 0.05) is 23.5 Å². The van der Waals surface area contributed by atoms with Crippen molar-refractivity contribution in [2.24, 2.45) is 17.8 Å². The Morgan fingerprint density at radius 2 is 1.73 bits per heavy atom. The summed E-state index contributed by atoms with van der Waals surface area (Å²) >= 11 is 1.59. The van der Waals surface area contributed by atoms with E-state index in [1.807, 2.05) is 23.1 Å².